The van der Waals surface area contributed by atoms with Gasteiger partial charge in [-0.05, 0) is 69.4 Å². The second-order valence-corrected chi connectivity index (χ2v) is 8.58. The van der Waals surface area contributed by atoms with Gasteiger partial charge in [0.15, 0.2) is 0 Å². The van der Waals surface area contributed by atoms with E-state index < -0.39 is 0 Å². The first-order chi connectivity index (χ1) is 16.4. The fourth-order valence-electron chi connectivity index (χ4n) is 3.98. The van der Waals surface area contributed by atoms with E-state index in [0.717, 1.165) is 34.0 Å². The Morgan fingerprint density at radius 1 is 0.647 bits per heavy atom. The number of rotatable bonds is 6. The van der Waals surface area contributed by atoms with Crippen LogP contribution in [0.15, 0.2) is 91.0 Å². The van der Waals surface area contributed by atoms with E-state index in [9.17, 15) is 9.59 Å². The van der Waals surface area contributed by atoms with Gasteiger partial charge in [-0.3, -0.25) is 9.59 Å². The molecule has 170 valence electrons. The molecule has 4 rings (SSSR count). The van der Waals surface area contributed by atoms with Crippen molar-refractivity contribution in [1.82, 2.24) is 0 Å². The summed E-state index contributed by atoms with van der Waals surface area (Å²) < 4.78 is 10.4. The van der Waals surface area contributed by atoms with Crippen LogP contribution in [-0.4, -0.2) is 11.9 Å². The molecule has 4 aromatic carbocycles. The van der Waals surface area contributed by atoms with E-state index in [0.29, 0.717) is 11.5 Å². The molecule has 0 aliphatic rings. The Morgan fingerprint density at radius 3 is 1.65 bits per heavy atom. The minimum atomic E-state index is -0.349. The van der Waals surface area contributed by atoms with Crippen molar-refractivity contribution >= 4 is 26.5 Å². The molecule has 1 unspecified atom stereocenters. The minimum absolute atomic E-state index is 0.349. The third-order valence-corrected chi connectivity index (χ3v) is 5.85. The first-order valence-corrected chi connectivity index (χ1v) is 11.5. The lowest BCUT2D eigenvalue weighted by molar-refractivity contribution is -0.132. The zero-order valence-corrected chi connectivity index (χ0v) is 20.2. The maximum absolute atomic E-state index is 11.3. The lowest BCUT2D eigenvalue weighted by atomic mass is 9.88. The number of ether oxygens (including phenoxy) is 2. The van der Waals surface area contributed by atoms with Crippen molar-refractivity contribution in [2.45, 2.75) is 20.3 Å². The highest BCUT2D eigenvalue weighted by Crippen LogP contribution is 2.37. The summed E-state index contributed by atoms with van der Waals surface area (Å²) in [6.07, 6.45) is 0.769. The van der Waals surface area contributed by atoms with Gasteiger partial charge >= 0.3 is 11.9 Å². The van der Waals surface area contributed by atoms with Crippen LogP contribution >= 0.6 is 9.24 Å². The van der Waals surface area contributed by atoms with Crippen LogP contribution in [0.25, 0.3) is 22.3 Å². The van der Waals surface area contributed by atoms with Gasteiger partial charge in [-0.2, -0.15) is 0 Å². The fraction of sp³-hybridized carbons (Fsp3) is 0.103. The van der Waals surface area contributed by atoms with Crippen LogP contribution in [0.4, 0.5) is 0 Å². The molecule has 4 nitrogen and oxygen atoms in total. The Morgan fingerprint density at radius 2 is 1.15 bits per heavy atom. The molecule has 0 N–H and O–H groups in total. The summed E-state index contributed by atoms with van der Waals surface area (Å²) in [7, 11) is 2.83. The molecule has 4 aromatic rings. The van der Waals surface area contributed by atoms with E-state index in [1.807, 2.05) is 54.6 Å². The van der Waals surface area contributed by atoms with Gasteiger partial charge in [-0.15, -0.1) is 9.24 Å². The highest BCUT2D eigenvalue weighted by molar-refractivity contribution is 7.28. The number of carbonyl (C=O) groups is 2. The van der Waals surface area contributed by atoms with Crippen molar-refractivity contribution in [2.75, 3.05) is 0 Å². The number of benzene rings is 4. The largest absolute Gasteiger partial charge is 0.427 e. The van der Waals surface area contributed by atoms with Gasteiger partial charge in [-0.1, -0.05) is 66.7 Å². The molecular formula is C29H25O4P. The van der Waals surface area contributed by atoms with E-state index in [4.69, 9.17) is 9.47 Å². The van der Waals surface area contributed by atoms with Crippen molar-refractivity contribution in [3.8, 4) is 33.8 Å². The van der Waals surface area contributed by atoms with E-state index in [1.165, 1.54) is 25.0 Å². The molecule has 5 heteroatoms. The molecule has 34 heavy (non-hydrogen) atoms. The van der Waals surface area contributed by atoms with E-state index in [1.54, 1.807) is 12.1 Å². The van der Waals surface area contributed by atoms with Crippen LogP contribution in [-0.2, 0) is 16.0 Å². The zero-order chi connectivity index (χ0) is 24.1. The van der Waals surface area contributed by atoms with E-state index in [-0.39, 0.29) is 11.9 Å². The normalized spacial score (nSPS) is 10.6. The SMILES string of the molecule is CC(=O)Oc1ccc(-c2c(P)ccc(Cc3ccccc3)c2-c2ccc(OC(C)=O)cc2)cc1. The minimum Gasteiger partial charge on any atom is -0.427 e. The smallest absolute Gasteiger partial charge is 0.308 e. The van der Waals surface area contributed by atoms with Crippen LogP contribution in [0.1, 0.15) is 25.0 Å². The van der Waals surface area contributed by atoms with E-state index in [2.05, 4.69) is 33.5 Å². The maximum Gasteiger partial charge on any atom is 0.308 e. The van der Waals surface area contributed by atoms with Crippen LogP contribution < -0.4 is 14.8 Å². The van der Waals surface area contributed by atoms with Gasteiger partial charge in [0, 0.05) is 13.8 Å². The van der Waals surface area contributed by atoms with Crippen LogP contribution in [0.2, 0.25) is 0 Å². The predicted molar refractivity (Wildman–Crippen MR) is 139 cm³/mol. The lowest BCUT2D eigenvalue weighted by Gasteiger charge is -2.19. The van der Waals surface area contributed by atoms with Crippen LogP contribution in [0, 0.1) is 0 Å². The summed E-state index contributed by atoms with van der Waals surface area (Å²) in [4.78, 5) is 22.7. The molecule has 0 fully saturated rings. The summed E-state index contributed by atoms with van der Waals surface area (Å²) in [6, 6.07) is 29.7. The summed E-state index contributed by atoms with van der Waals surface area (Å²) in [5, 5.41) is 1.05. The molecule has 0 saturated heterocycles. The summed E-state index contributed by atoms with van der Waals surface area (Å²) in [5.41, 5.74) is 6.60. The predicted octanol–water partition coefficient (Wildman–Crippen LogP) is 5.96. The zero-order valence-electron chi connectivity index (χ0n) is 19.1. The molecule has 0 saturated carbocycles. The van der Waals surface area contributed by atoms with Gasteiger partial charge in [-0.25, -0.2) is 0 Å². The molecule has 0 bridgehead atoms. The van der Waals surface area contributed by atoms with E-state index >= 15 is 0 Å². The molecule has 0 heterocycles. The number of hydrogen-bond donors (Lipinski definition) is 0. The molecule has 1 atom stereocenters. The molecule has 0 aliphatic carbocycles. The summed E-state index contributed by atoms with van der Waals surface area (Å²) in [5.74, 6) is 0.320. The van der Waals surface area contributed by atoms with Gasteiger partial charge in [0.25, 0.3) is 0 Å². The highest BCUT2D eigenvalue weighted by Gasteiger charge is 2.16. The Kier molecular flexibility index (Phi) is 7.20. The average molecular weight is 468 g/mol. The van der Waals surface area contributed by atoms with Gasteiger partial charge in [0.1, 0.15) is 11.5 Å². The molecular weight excluding hydrogens is 443 g/mol. The Labute approximate surface area is 201 Å². The number of carbonyl (C=O) groups excluding carboxylic acids is 2. The van der Waals surface area contributed by atoms with Crippen molar-refractivity contribution in [3.05, 3.63) is 102 Å². The summed E-state index contributed by atoms with van der Waals surface area (Å²) in [6.45, 7) is 2.78. The maximum atomic E-state index is 11.3. The Balaban J connectivity index is 1.85. The van der Waals surface area contributed by atoms with Gasteiger partial charge in [0.05, 0.1) is 0 Å². The molecule has 0 radical (unpaired) electrons. The third kappa shape index (κ3) is 5.59. The Bertz CT molecular complexity index is 1310. The molecule has 0 aliphatic heterocycles. The first-order valence-electron chi connectivity index (χ1n) is 10.9. The van der Waals surface area contributed by atoms with Crippen molar-refractivity contribution in [3.63, 3.8) is 0 Å². The second-order valence-electron chi connectivity index (χ2n) is 7.96. The van der Waals surface area contributed by atoms with Crippen molar-refractivity contribution in [1.29, 1.82) is 0 Å². The highest BCUT2D eigenvalue weighted by atomic mass is 31.0. The standard InChI is InChI=1S/C29H25O4P/c1-19(30)32-25-13-8-22(9-14-25)28-24(18-21-6-4-3-5-7-21)12-17-27(34)29(28)23-10-15-26(16-11-23)33-20(2)31/h3-17H,18,34H2,1-2H3. The fourth-order valence-corrected chi connectivity index (χ4v) is 4.38. The molecule has 0 spiro atoms. The lowest BCUT2D eigenvalue weighted by Crippen LogP contribution is -2.05. The third-order valence-electron chi connectivity index (χ3n) is 5.37. The second kappa shape index (κ2) is 10.5. The number of hydrogen-bond acceptors (Lipinski definition) is 4. The van der Waals surface area contributed by atoms with Gasteiger partial charge in [0.2, 0.25) is 0 Å². The topological polar surface area (TPSA) is 52.6 Å². The van der Waals surface area contributed by atoms with Crippen LogP contribution in [0.3, 0.4) is 0 Å². The van der Waals surface area contributed by atoms with Crippen molar-refractivity contribution < 1.29 is 19.1 Å². The number of esters is 2. The first kappa shape index (κ1) is 23.4. The quantitative estimate of drug-likeness (QED) is 0.199. The van der Waals surface area contributed by atoms with Gasteiger partial charge < -0.3 is 9.47 Å². The monoisotopic (exact) mass is 468 g/mol. The molecule has 0 aromatic heterocycles. The summed E-state index contributed by atoms with van der Waals surface area (Å²) >= 11 is 0. The van der Waals surface area contributed by atoms with Crippen molar-refractivity contribution in [2.24, 2.45) is 0 Å². The van der Waals surface area contributed by atoms with Crippen LogP contribution in [0.5, 0.6) is 11.5 Å². The average Bonchev–Trinajstić information content (AvgIpc) is 2.81. The Hall–Kier alpha value is -3.75. The molecule has 0 amide bonds.